The average Bonchev–Trinajstić information content (AvgIpc) is 2.41. The minimum Gasteiger partial charge on any atom is -0.389 e. The molecule has 2 nitrogen and oxygen atoms in total. The molecule has 0 amide bonds. The highest BCUT2D eigenvalue weighted by Gasteiger charge is 2.19. The van der Waals surface area contributed by atoms with E-state index in [1.165, 1.54) is 18.2 Å². The fourth-order valence-corrected chi connectivity index (χ4v) is 2.27. The van der Waals surface area contributed by atoms with Gasteiger partial charge in [0.15, 0.2) is 0 Å². The van der Waals surface area contributed by atoms with E-state index in [9.17, 15) is 13.9 Å². The number of nitrogens with zero attached hydrogens (tertiary/aromatic N) is 1. The van der Waals surface area contributed by atoms with Gasteiger partial charge in [-0.15, -0.1) is 0 Å². The molecule has 0 radical (unpaired) electrons. The van der Waals surface area contributed by atoms with Gasteiger partial charge in [0.05, 0.1) is 11.8 Å². The predicted octanol–water partition coefficient (Wildman–Crippen LogP) is 4.18. The summed E-state index contributed by atoms with van der Waals surface area (Å²) in [5.41, 5.74) is 1.33. The van der Waals surface area contributed by atoms with Crippen molar-refractivity contribution in [2.45, 2.75) is 20.0 Å². The van der Waals surface area contributed by atoms with E-state index in [-0.39, 0.29) is 11.5 Å². The van der Waals surface area contributed by atoms with Crippen molar-refractivity contribution in [2.24, 2.45) is 0 Å². The minimum absolute atomic E-state index is 0.288. The lowest BCUT2D eigenvalue weighted by Crippen LogP contribution is -2.20. The van der Waals surface area contributed by atoms with Crippen molar-refractivity contribution in [1.82, 2.24) is 0 Å². The third kappa shape index (κ3) is 2.80. The van der Waals surface area contributed by atoms with E-state index < -0.39 is 11.9 Å². The maximum atomic E-state index is 14.2. The van der Waals surface area contributed by atoms with Gasteiger partial charge in [0, 0.05) is 17.8 Å². The molecule has 0 bridgehead atoms. The van der Waals surface area contributed by atoms with Crippen LogP contribution >= 0.6 is 0 Å². The van der Waals surface area contributed by atoms with Crippen LogP contribution in [0.15, 0.2) is 42.5 Å². The maximum absolute atomic E-state index is 14.2. The molecule has 0 fully saturated rings. The molecular formula is C16H17F2NO. The van der Waals surface area contributed by atoms with Crippen molar-refractivity contribution >= 4 is 11.4 Å². The molecular weight excluding hydrogens is 260 g/mol. The average molecular weight is 277 g/mol. The van der Waals surface area contributed by atoms with Gasteiger partial charge in [-0.2, -0.15) is 0 Å². The molecule has 2 rings (SSSR count). The summed E-state index contributed by atoms with van der Waals surface area (Å²) < 4.78 is 27.6. The second-order valence-corrected chi connectivity index (χ2v) is 4.58. The number of benzene rings is 2. The lowest BCUT2D eigenvalue weighted by Gasteiger charge is -2.27. The second-order valence-electron chi connectivity index (χ2n) is 4.58. The minimum atomic E-state index is -0.802. The third-order valence-corrected chi connectivity index (χ3v) is 3.17. The zero-order valence-electron chi connectivity index (χ0n) is 11.5. The number of halogens is 2. The van der Waals surface area contributed by atoms with Crippen molar-refractivity contribution in [3.05, 3.63) is 59.7 Å². The Labute approximate surface area is 117 Å². The van der Waals surface area contributed by atoms with E-state index in [2.05, 4.69) is 0 Å². The zero-order chi connectivity index (χ0) is 14.7. The molecule has 106 valence electrons. The van der Waals surface area contributed by atoms with Gasteiger partial charge < -0.3 is 10.0 Å². The Balaban J connectivity index is 2.57. The largest absolute Gasteiger partial charge is 0.389 e. The number of aliphatic hydroxyl groups excluding tert-OH is 1. The van der Waals surface area contributed by atoms with Crippen LogP contribution in [0, 0.1) is 11.6 Å². The summed E-state index contributed by atoms with van der Waals surface area (Å²) in [5, 5.41) is 9.81. The first-order valence-corrected chi connectivity index (χ1v) is 6.54. The molecule has 1 unspecified atom stereocenters. The molecule has 1 atom stereocenters. The van der Waals surface area contributed by atoms with E-state index in [0.717, 1.165) is 0 Å². The number of anilines is 2. The van der Waals surface area contributed by atoms with E-state index in [4.69, 9.17) is 0 Å². The van der Waals surface area contributed by atoms with Crippen LogP contribution in [0.25, 0.3) is 0 Å². The summed E-state index contributed by atoms with van der Waals surface area (Å²) in [5.74, 6) is -0.814. The monoisotopic (exact) mass is 277 g/mol. The van der Waals surface area contributed by atoms with Gasteiger partial charge in [0.1, 0.15) is 11.6 Å². The van der Waals surface area contributed by atoms with Crippen LogP contribution in [-0.4, -0.2) is 11.7 Å². The van der Waals surface area contributed by atoms with Crippen LogP contribution in [0.4, 0.5) is 20.2 Å². The molecule has 0 aliphatic rings. The molecule has 20 heavy (non-hydrogen) atoms. The van der Waals surface area contributed by atoms with Gasteiger partial charge in [-0.1, -0.05) is 18.2 Å². The van der Waals surface area contributed by atoms with Gasteiger partial charge in [0.2, 0.25) is 0 Å². The van der Waals surface area contributed by atoms with Crippen LogP contribution in [-0.2, 0) is 0 Å². The van der Waals surface area contributed by atoms with E-state index in [1.54, 1.807) is 36.1 Å². The van der Waals surface area contributed by atoms with Crippen molar-refractivity contribution in [1.29, 1.82) is 0 Å². The highest BCUT2D eigenvalue weighted by Crippen LogP contribution is 2.34. The normalized spacial score (nSPS) is 12.2. The standard InChI is InChI=1S/C16H17F2NO/c1-3-19(13-7-4-6-12(17)10-13)16-14(11(2)20)8-5-9-15(16)18/h4-11,20H,3H2,1-2H3. The number of para-hydroxylation sites is 1. The SMILES string of the molecule is CCN(c1cccc(F)c1)c1c(F)cccc1C(C)O. The molecule has 1 N–H and O–H groups in total. The Morgan fingerprint density at radius 2 is 1.85 bits per heavy atom. The molecule has 0 spiro atoms. The van der Waals surface area contributed by atoms with Crippen LogP contribution in [0.3, 0.4) is 0 Å². The number of hydrogen-bond donors (Lipinski definition) is 1. The van der Waals surface area contributed by atoms with Gasteiger partial charge in [-0.25, -0.2) is 8.78 Å². The smallest absolute Gasteiger partial charge is 0.147 e. The van der Waals surface area contributed by atoms with Crippen molar-refractivity contribution in [3.8, 4) is 0 Å². The van der Waals surface area contributed by atoms with Crippen molar-refractivity contribution in [3.63, 3.8) is 0 Å². The lowest BCUT2D eigenvalue weighted by atomic mass is 10.1. The summed E-state index contributed by atoms with van der Waals surface area (Å²) in [7, 11) is 0. The van der Waals surface area contributed by atoms with Crippen molar-refractivity contribution < 1.29 is 13.9 Å². The third-order valence-electron chi connectivity index (χ3n) is 3.17. The first-order valence-electron chi connectivity index (χ1n) is 6.54. The molecule has 0 heterocycles. The van der Waals surface area contributed by atoms with Gasteiger partial charge in [-0.3, -0.25) is 0 Å². The number of hydrogen-bond acceptors (Lipinski definition) is 2. The topological polar surface area (TPSA) is 23.5 Å². The van der Waals surface area contributed by atoms with Crippen LogP contribution < -0.4 is 4.90 Å². The van der Waals surface area contributed by atoms with Gasteiger partial charge >= 0.3 is 0 Å². The highest BCUT2D eigenvalue weighted by molar-refractivity contribution is 5.67. The zero-order valence-corrected chi connectivity index (χ0v) is 11.5. The maximum Gasteiger partial charge on any atom is 0.147 e. The van der Waals surface area contributed by atoms with Crippen LogP contribution in [0.1, 0.15) is 25.5 Å². The molecule has 0 saturated heterocycles. The highest BCUT2D eigenvalue weighted by atomic mass is 19.1. The summed E-state index contributed by atoms with van der Waals surface area (Å²) >= 11 is 0. The molecule has 2 aromatic rings. The quantitative estimate of drug-likeness (QED) is 0.906. The van der Waals surface area contributed by atoms with Crippen LogP contribution in [0.5, 0.6) is 0 Å². The second kappa shape index (κ2) is 6.01. The Bertz CT molecular complexity index is 599. The predicted molar refractivity (Wildman–Crippen MR) is 76.1 cm³/mol. The summed E-state index contributed by atoms with van der Waals surface area (Å²) in [6, 6.07) is 10.5. The Morgan fingerprint density at radius 3 is 2.45 bits per heavy atom. The first-order chi connectivity index (χ1) is 9.54. The van der Waals surface area contributed by atoms with E-state index in [1.807, 2.05) is 6.92 Å². The Hall–Kier alpha value is -1.94. The molecule has 0 saturated carbocycles. The molecule has 0 aromatic heterocycles. The van der Waals surface area contributed by atoms with E-state index >= 15 is 0 Å². The fraction of sp³-hybridized carbons (Fsp3) is 0.250. The molecule has 4 heteroatoms. The fourth-order valence-electron chi connectivity index (χ4n) is 2.27. The molecule has 2 aromatic carbocycles. The number of rotatable bonds is 4. The Morgan fingerprint density at radius 1 is 1.15 bits per heavy atom. The van der Waals surface area contributed by atoms with Crippen molar-refractivity contribution in [2.75, 3.05) is 11.4 Å². The summed E-state index contributed by atoms with van der Waals surface area (Å²) in [6.45, 7) is 3.89. The lowest BCUT2D eigenvalue weighted by molar-refractivity contribution is 0.199. The Kier molecular flexibility index (Phi) is 4.35. The molecule has 0 aliphatic heterocycles. The van der Waals surface area contributed by atoms with Gasteiger partial charge in [-0.05, 0) is 38.1 Å². The molecule has 0 aliphatic carbocycles. The van der Waals surface area contributed by atoms with Crippen LogP contribution in [0.2, 0.25) is 0 Å². The van der Waals surface area contributed by atoms with E-state index in [0.29, 0.717) is 17.8 Å². The first kappa shape index (κ1) is 14.5. The summed E-state index contributed by atoms with van der Waals surface area (Å²) in [6.07, 6.45) is -0.802. The number of aliphatic hydroxyl groups is 1. The summed E-state index contributed by atoms with van der Waals surface area (Å²) in [4.78, 5) is 1.65. The van der Waals surface area contributed by atoms with Gasteiger partial charge in [0.25, 0.3) is 0 Å².